The molecule has 0 bridgehead atoms. The number of nitrogens with zero attached hydrogens (tertiary/aromatic N) is 1. The molecule has 18 heavy (non-hydrogen) atoms. The molecule has 0 spiro atoms. The molecule has 1 amide bonds. The Morgan fingerprint density at radius 1 is 1.50 bits per heavy atom. The van der Waals surface area contributed by atoms with Crippen LogP contribution < -0.4 is 0 Å². The molecule has 1 aromatic carbocycles. The number of amides is 1. The molecule has 0 radical (unpaired) electrons. The van der Waals surface area contributed by atoms with E-state index in [1.165, 1.54) is 18.2 Å². The van der Waals surface area contributed by atoms with E-state index in [0.717, 1.165) is 6.42 Å². The lowest BCUT2D eigenvalue weighted by atomic mass is 10.1. The maximum atomic E-state index is 13.2. The maximum absolute atomic E-state index is 13.2. The summed E-state index contributed by atoms with van der Waals surface area (Å²) < 4.78 is 13.2. The van der Waals surface area contributed by atoms with Gasteiger partial charge in [0.2, 0.25) is 0 Å². The predicted molar refractivity (Wildman–Crippen MR) is 70.3 cm³/mol. The fraction of sp³-hybridized carbons (Fsp3) is 0.500. The lowest BCUT2D eigenvalue weighted by Gasteiger charge is -2.18. The lowest BCUT2D eigenvalue weighted by Crippen LogP contribution is -2.29. The van der Waals surface area contributed by atoms with Crippen molar-refractivity contribution < 1.29 is 9.18 Å². The van der Waals surface area contributed by atoms with Crippen molar-refractivity contribution >= 4 is 17.5 Å². The first-order chi connectivity index (χ1) is 8.29. The van der Waals surface area contributed by atoms with Crippen molar-refractivity contribution in [2.75, 3.05) is 13.6 Å². The van der Waals surface area contributed by atoms with Crippen molar-refractivity contribution in [3.05, 3.63) is 34.6 Å². The Morgan fingerprint density at radius 3 is 2.61 bits per heavy atom. The van der Waals surface area contributed by atoms with Gasteiger partial charge in [-0.15, -0.1) is 0 Å². The zero-order valence-corrected chi connectivity index (χ0v) is 11.6. The molecular weight excluding hydrogens is 253 g/mol. The molecule has 1 aliphatic rings. The van der Waals surface area contributed by atoms with Gasteiger partial charge in [0.1, 0.15) is 5.82 Å². The molecule has 0 heterocycles. The van der Waals surface area contributed by atoms with Crippen LogP contribution in [0.1, 0.15) is 30.6 Å². The Hall–Kier alpha value is -1.09. The third-order valence-corrected chi connectivity index (χ3v) is 3.89. The quantitative estimate of drug-likeness (QED) is 0.821. The zero-order chi connectivity index (χ0) is 13.5. The van der Waals surface area contributed by atoms with E-state index < -0.39 is 5.82 Å². The van der Waals surface area contributed by atoms with Crippen molar-refractivity contribution in [1.82, 2.24) is 4.90 Å². The molecule has 2 rings (SSSR count). The minimum atomic E-state index is -0.481. The highest BCUT2D eigenvalue weighted by atomic mass is 35.5. The average molecular weight is 270 g/mol. The number of rotatable bonds is 3. The maximum Gasteiger partial charge on any atom is 0.253 e. The molecule has 1 fully saturated rings. The normalized spacial score (nSPS) is 20.6. The first-order valence-electron chi connectivity index (χ1n) is 6.01. The van der Waals surface area contributed by atoms with Gasteiger partial charge in [0.05, 0.1) is 0 Å². The molecular formula is C14H17ClFNO. The van der Waals surface area contributed by atoms with Crippen LogP contribution in [-0.2, 0) is 0 Å². The average Bonchev–Trinajstić information content (AvgIpc) is 2.83. The monoisotopic (exact) mass is 269 g/mol. The number of carbonyl (C=O) groups is 1. The van der Waals surface area contributed by atoms with Gasteiger partial charge in [-0.05, 0) is 36.0 Å². The van der Waals surface area contributed by atoms with E-state index in [1.807, 2.05) is 0 Å². The molecule has 1 saturated carbocycles. The second-order valence-electron chi connectivity index (χ2n) is 5.73. The first kappa shape index (κ1) is 13.3. The summed E-state index contributed by atoms with van der Waals surface area (Å²) in [4.78, 5) is 13.8. The minimum absolute atomic E-state index is 0.181. The van der Waals surface area contributed by atoms with E-state index >= 15 is 0 Å². The van der Waals surface area contributed by atoms with Crippen LogP contribution in [0.2, 0.25) is 5.02 Å². The number of hydrogen-bond acceptors (Lipinski definition) is 1. The highest BCUT2D eigenvalue weighted by molar-refractivity contribution is 6.31. The number of benzene rings is 1. The summed E-state index contributed by atoms with van der Waals surface area (Å²) in [6, 6.07) is 3.92. The van der Waals surface area contributed by atoms with Crippen LogP contribution in [0.4, 0.5) is 4.39 Å². The van der Waals surface area contributed by atoms with Gasteiger partial charge < -0.3 is 4.90 Å². The highest BCUT2D eigenvalue weighted by Gasteiger charge is 2.46. The first-order valence-corrected chi connectivity index (χ1v) is 6.39. The van der Waals surface area contributed by atoms with Gasteiger partial charge in [0.15, 0.2) is 0 Å². The van der Waals surface area contributed by atoms with E-state index in [-0.39, 0.29) is 10.9 Å². The van der Waals surface area contributed by atoms with Crippen molar-refractivity contribution in [2.45, 2.75) is 20.3 Å². The molecule has 1 atom stereocenters. The second kappa shape index (κ2) is 4.54. The largest absolute Gasteiger partial charge is 0.341 e. The lowest BCUT2D eigenvalue weighted by molar-refractivity contribution is 0.0783. The number of halogens is 2. The summed E-state index contributed by atoms with van der Waals surface area (Å²) in [6.45, 7) is 5.09. The predicted octanol–water partition coefficient (Wildman–Crippen LogP) is 3.60. The van der Waals surface area contributed by atoms with Gasteiger partial charge in [-0.2, -0.15) is 0 Å². The fourth-order valence-electron chi connectivity index (χ4n) is 2.20. The molecule has 1 unspecified atom stereocenters. The van der Waals surface area contributed by atoms with Gasteiger partial charge in [-0.3, -0.25) is 4.79 Å². The summed E-state index contributed by atoms with van der Waals surface area (Å²) in [5.74, 6) is -0.124. The molecule has 0 aromatic heterocycles. The molecule has 0 N–H and O–H groups in total. The highest BCUT2D eigenvalue weighted by Crippen LogP contribution is 2.51. The minimum Gasteiger partial charge on any atom is -0.341 e. The van der Waals surface area contributed by atoms with Gasteiger partial charge >= 0.3 is 0 Å². The molecule has 2 nitrogen and oxygen atoms in total. The second-order valence-corrected chi connectivity index (χ2v) is 6.17. The van der Waals surface area contributed by atoms with E-state index in [2.05, 4.69) is 13.8 Å². The molecule has 0 aliphatic heterocycles. The summed E-state index contributed by atoms with van der Waals surface area (Å²) >= 11 is 5.75. The summed E-state index contributed by atoms with van der Waals surface area (Å²) in [7, 11) is 1.75. The smallest absolute Gasteiger partial charge is 0.253 e. The van der Waals surface area contributed by atoms with Gasteiger partial charge in [-0.25, -0.2) is 4.39 Å². The Morgan fingerprint density at radius 2 is 2.11 bits per heavy atom. The summed E-state index contributed by atoms with van der Waals surface area (Å²) in [5.41, 5.74) is 0.634. The fourth-order valence-corrected chi connectivity index (χ4v) is 2.42. The number of hydrogen-bond donors (Lipinski definition) is 0. The van der Waals surface area contributed by atoms with Gasteiger partial charge in [-0.1, -0.05) is 25.4 Å². The molecule has 98 valence electrons. The Bertz CT molecular complexity index is 466. The number of carbonyl (C=O) groups excluding carboxylic acids is 1. The third-order valence-electron chi connectivity index (χ3n) is 3.67. The van der Waals surface area contributed by atoms with Crippen molar-refractivity contribution in [3.63, 3.8) is 0 Å². The van der Waals surface area contributed by atoms with E-state index in [0.29, 0.717) is 23.4 Å². The molecule has 1 aromatic rings. The zero-order valence-electron chi connectivity index (χ0n) is 10.8. The van der Waals surface area contributed by atoms with Crippen molar-refractivity contribution in [2.24, 2.45) is 11.3 Å². The van der Waals surface area contributed by atoms with Crippen LogP contribution in [0.5, 0.6) is 0 Å². The molecule has 0 saturated heterocycles. The molecule has 1 aliphatic carbocycles. The van der Waals surface area contributed by atoms with E-state index in [1.54, 1.807) is 11.9 Å². The Kier molecular flexibility index (Phi) is 3.37. The topological polar surface area (TPSA) is 20.3 Å². The standard InChI is InChI=1S/C14H17ClFNO/c1-14(2)7-10(14)8-17(3)13(18)9-4-11(15)6-12(16)5-9/h4-6,10H,7-8H2,1-3H3. The van der Waals surface area contributed by atoms with E-state index in [4.69, 9.17) is 11.6 Å². The van der Waals surface area contributed by atoms with Crippen LogP contribution in [0.15, 0.2) is 18.2 Å². The van der Waals surface area contributed by atoms with Gasteiger partial charge in [0.25, 0.3) is 5.91 Å². The summed E-state index contributed by atoms with van der Waals surface area (Å²) in [6.07, 6.45) is 1.13. The Labute approximate surface area is 112 Å². The van der Waals surface area contributed by atoms with Crippen LogP contribution in [0.25, 0.3) is 0 Å². The van der Waals surface area contributed by atoms with Crippen molar-refractivity contribution in [3.8, 4) is 0 Å². The van der Waals surface area contributed by atoms with E-state index in [9.17, 15) is 9.18 Å². The van der Waals surface area contributed by atoms with Crippen molar-refractivity contribution in [1.29, 1.82) is 0 Å². The SMILES string of the molecule is CN(CC1CC1(C)C)C(=O)c1cc(F)cc(Cl)c1. The van der Waals surface area contributed by atoms with Crippen LogP contribution in [0.3, 0.4) is 0 Å². The molecule has 4 heteroatoms. The van der Waals surface area contributed by atoms with Gasteiger partial charge in [0, 0.05) is 24.2 Å². The third kappa shape index (κ3) is 2.83. The summed E-state index contributed by atoms with van der Waals surface area (Å²) in [5, 5.41) is 0.249. The van der Waals surface area contributed by atoms with Crippen LogP contribution in [0, 0.1) is 17.2 Å². The van der Waals surface area contributed by atoms with Crippen LogP contribution in [-0.4, -0.2) is 24.4 Å². The Balaban J connectivity index is 2.06. The van der Waals surface area contributed by atoms with Crippen LogP contribution >= 0.6 is 11.6 Å².